The van der Waals surface area contributed by atoms with Crippen LogP contribution in [-0.2, 0) is 17.8 Å². The Balaban J connectivity index is 1.44. The van der Waals surface area contributed by atoms with E-state index in [1.54, 1.807) is 4.68 Å². The molecule has 8 heteroatoms. The Morgan fingerprint density at radius 1 is 1.25 bits per heavy atom. The van der Waals surface area contributed by atoms with Gasteiger partial charge in [-0.3, -0.25) is 9.48 Å². The Hall–Kier alpha value is -2.51. The topological polar surface area (TPSA) is 97.6 Å². The average Bonchev–Trinajstić information content (AvgIpc) is 3.10. The van der Waals surface area contributed by atoms with Gasteiger partial charge in [-0.25, -0.2) is 9.97 Å². The predicted molar refractivity (Wildman–Crippen MR) is 108 cm³/mol. The van der Waals surface area contributed by atoms with Gasteiger partial charge in [0, 0.05) is 36.5 Å². The van der Waals surface area contributed by atoms with Crippen LogP contribution in [0, 0.1) is 19.8 Å². The molecule has 1 amide bonds. The van der Waals surface area contributed by atoms with E-state index >= 15 is 0 Å². The molecule has 1 saturated carbocycles. The summed E-state index contributed by atoms with van der Waals surface area (Å²) in [6.07, 6.45) is 9.63. The van der Waals surface area contributed by atoms with Crippen molar-refractivity contribution in [3.05, 3.63) is 29.5 Å². The fourth-order valence-corrected chi connectivity index (χ4v) is 3.71. The fourth-order valence-electron chi connectivity index (χ4n) is 3.71. The summed E-state index contributed by atoms with van der Waals surface area (Å²) < 4.78 is 1.76. The molecule has 8 nitrogen and oxygen atoms in total. The number of anilines is 1. The number of aromatic nitrogens is 5. The molecule has 0 unspecified atom stereocenters. The van der Waals surface area contributed by atoms with Crippen LogP contribution in [0.1, 0.15) is 56.1 Å². The number of amides is 1. The maximum Gasteiger partial charge on any atom is 0.223 e. The highest BCUT2D eigenvalue weighted by atomic mass is 16.1. The molecule has 0 aromatic carbocycles. The minimum atomic E-state index is 0.0952. The summed E-state index contributed by atoms with van der Waals surface area (Å²) in [5.41, 5.74) is 2.06. The van der Waals surface area contributed by atoms with E-state index in [1.807, 2.05) is 26.2 Å². The quantitative estimate of drug-likeness (QED) is 0.724. The van der Waals surface area contributed by atoms with Crippen molar-refractivity contribution in [1.82, 2.24) is 30.3 Å². The molecule has 1 fully saturated rings. The molecule has 1 aliphatic rings. The van der Waals surface area contributed by atoms with Gasteiger partial charge in [0.25, 0.3) is 0 Å². The third kappa shape index (κ3) is 5.50. The normalized spacial score (nSPS) is 19.4. The zero-order valence-corrected chi connectivity index (χ0v) is 17.1. The van der Waals surface area contributed by atoms with Gasteiger partial charge < -0.3 is 10.6 Å². The van der Waals surface area contributed by atoms with E-state index in [9.17, 15) is 4.79 Å². The largest absolute Gasteiger partial charge is 0.367 e. The van der Waals surface area contributed by atoms with Crippen LogP contribution in [0.5, 0.6) is 0 Å². The van der Waals surface area contributed by atoms with Crippen molar-refractivity contribution < 1.29 is 4.79 Å². The van der Waals surface area contributed by atoms with Gasteiger partial charge >= 0.3 is 0 Å². The van der Waals surface area contributed by atoms with Gasteiger partial charge in [0.05, 0.1) is 12.2 Å². The molecular formula is C20H31N7O. The molecule has 0 atom stereocenters. The van der Waals surface area contributed by atoms with E-state index in [1.165, 1.54) is 5.56 Å². The minimum absolute atomic E-state index is 0.0952. The van der Waals surface area contributed by atoms with Crippen LogP contribution in [0.25, 0.3) is 0 Å². The summed E-state index contributed by atoms with van der Waals surface area (Å²) in [5.74, 6) is 2.00. The van der Waals surface area contributed by atoms with Crippen molar-refractivity contribution in [2.24, 2.45) is 5.92 Å². The zero-order valence-electron chi connectivity index (χ0n) is 17.1. The number of hydrogen-bond acceptors (Lipinski definition) is 6. The average molecular weight is 386 g/mol. The fraction of sp³-hybridized carbons (Fsp3) is 0.650. The lowest BCUT2D eigenvalue weighted by atomic mass is 9.85. The molecule has 0 aliphatic heterocycles. The molecule has 28 heavy (non-hydrogen) atoms. The molecule has 0 spiro atoms. The first kappa shape index (κ1) is 20.2. The second-order valence-electron chi connectivity index (χ2n) is 7.65. The summed E-state index contributed by atoms with van der Waals surface area (Å²) in [5, 5.41) is 14.6. The number of rotatable bonds is 8. The lowest BCUT2D eigenvalue weighted by Crippen LogP contribution is -2.37. The summed E-state index contributed by atoms with van der Waals surface area (Å²) in [4.78, 5) is 21.4. The highest BCUT2D eigenvalue weighted by Gasteiger charge is 2.26. The second kappa shape index (κ2) is 9.61. The summed E-state index contributed by atoms with van der Waals surface area (Å²) >= 11 is 0. The number of nitrogens with zero attached hydrogens (tertiary/aromatic N) is 5. The first-order valence-electron chi connectivity index (χ1n) is 10.3. The van der Waals surface area contributed by atoms with Crippen molar-refractivity contribution >= 4 is 11.7 Å². The number of aryl methyl sites for hydroxylation is 3. The molecule has 0 bridgehead atoms. The maximum absolute atomic E-state index is 12.4. The zero-order chi connectivity index (χ0) is 19.9. The molecule has 0 radical (unpaired) electrons. The van der Waals surface area contributed by atoms with E-state index in [0.717, 1.165) is 55.9 Å². The lowest BCUT2D eigenvalue weighted by molar-refractivity contribution is -0.126. The molecule has 2 heterocycles. The number of carbonyl (C=O) groups excluding carboxylic acids is 1. The third-order valence-corrected chi connectivity index (χ3v) is 5.24. The van der Waals surface area contributed by atoms with E-state index in [2.05, 4.69) is 37.8 Å². The Morgan fingerprint density at radius 3 is 2.71 bits per heavy atom. The number of carbonyl (C=O) groups is 1. The van der Waals surface area contributed by atoms with Crippen LogP contribution in [0.4, 0.5) is 5.82 Å². The molecule has 3 rings (SSSR count). The van der Waals surface area contributed by atoms with Gasteiger partial charge in [0.15, 0.2) is 0 Å². The third-order valence-electron chi connectivity index (χ3n) is 5.24. The standard InChI is InChI=1S/C20H31N7O/c1-4-5-17-12-22-15(3)23-19(17)24-18-8-6-16(7-9-18)20(28)21-10-11-27-13-14(2)25-26-27/h12-13,16,18H,4-11H2,1-3H3,(H,21,28)(H,22,23,24). The van der Waals surface area contributed by atoms with Gasteiger partial charge in [-0.05, 0) is 46.0 Å². The molecule has 1 aliphatic carbocycles. The van der Waals surface area contributed by atoms with Gasteiger partial charge in [0.2, 0.25) is 5.91 Å². The van der Waals surface area contributed by atoms with Gasteiger partial charge in [0.1, 0.15) is 11.6 Å². The first-order valence-corrected chi connectivity index (χ1v) is 10.3. The maximum atomic E-state index is 12.4. The number of nitrogens with one attached hydrogen (secondary N) is 2. The highest BCUT2D eigenvalue weighted by molar-refractivity contribution is 5.78. The number of hydrogen-bond donors (Lipinski definition) is 2. The molecule has 152 valence electrons. The Bertz CT molecular complexity index is 781. The summed E-state index contributed by atoms with van der Waals surface area (Å²) in [6, 6.07) is 0.368. The molecule has 2 aromatic heterocycles. The van der Waals surface area contributed by atoms with Crippen molar-refractivity contribution in [2.75, 3.05) is 11.9 Å². The van der Waals surface area contributed by atoms with Crippen molar-refractivity contribution in [3.8, 4) is 0 Å². The van der Waals surface area contributed by atoms with Gasteiger partial charge in [-0.1, -0.05) is 18.6 Å². The second-order valence-corrected chi connectivity index (χ2v) is 7.65. The minimum Gasteiger partial charge on any atom is -0.367 e. The monoisotopic (exact) mass is 385 g/mol. The Labute approximate surface area is 166 Å². The first-order chi connectivity index (χ1) is 13.5. The van der Waals surface area contributed by atoms with Crippen LogP contribution < -0.4 is 10.6 Å². The van der Waals surface area contributed by atoms with E-state index in [-0.39, 0.29) is 11.8 Å². The van der Waals surface area contributed by atoms with Crippen LogP contribution in [0.3, 0.4) is 0 Å². The highest BCUT2D eigenvalue weighted by Crippen LogP contribution is 2.27. The lowest BCUT2D eigenvalue weighted by Gasteiger charge is -2.29. The molecule has 2 aromatic rings. The van der Waals surface area contributed by atoms with E-state index in [0.29, 0.717) is 19.1 Å². The van der Waals surface area contributed by atoms with Crippen LogP contribution in [-0.4, -0.2) is 43.5 Å². The van der Waals surface area contributed by atoms with Crippen molar-refractivity contribution in [1.29, 1.82) is 0 Å². The molecule has 0 saturated heterocycles. The van der Waals surface area contributed by atoms with Crippen LogP contribution in [0.15, 0.2) is 12.4 Å². The molecule has 2 N–H and O–H groups in total. The summed E-state index contributed by atoms with van der Waals surface area (Å²) in [7, 11) is 0. The van der Waals surface area contributed by atoms with Gasteiger partial charge in [-0.15, -0.1) is 5.10 Å². The molecular weight excluding hydrogens is 354 g/mol. The van der Waals surface area contributed by atoms with Crippen LogP contribution in [0.2, 0.25) is 0 Å². The Morgan fingerprint density at radius 2 is 2.04 bits per heavy atom. The van der Waals surface area contributed by atoms with E-state index < -0.39 is 0 Å². The Kier molecular flexibility index (Phi) is 6.95. The predicted octanol–water partition coefficient (Wildman–Crippen LogP) is 2.42. The van der Waals surface area contributed by atoms with Crippen molar-refractivity contribution in [3.63, 3.8) is 0 Å². The van der Waals surface area contributed by atoms with Crippen LogP contribution >= 0.6 is 0 Å². The van der Waals surface area contributed by atoms with Crippen molar-refractivity contribution in [2.45, 2.75) is 71.9 Å². The SMILES string of the molecule is CCCc1cnc(C)nc1NC1CCC(C(=O)NCCn2cc(C)nn2)CC1. The van der Waals surface area contributed by atoms with E-state index in [4.69, 9.17) is 0 Å². The smallest absolute Gasteiger partial charge is 0.223 e. The summed E-state index contributed by atoms with van der Waals surface area (Å²) in [6.45, 7) is 7.22. The van der Waals surface area contributed by atoms with Gasteiger partial charge in [-0.2, -0.15) is 0 Å².